The zero-order valence-electron chi connectivity index (χ0n) is 58.1. The largest absolute Gasteiger partial charge is 0.477 e. The van der Waals surface area contributed by atoms with Crippen LogP contribution in [0.3, 0.4) is 0 Å². The molecule has 34 heteroatoms. The van der Waals surface area contributed by atoms with Gasteiger partial charge >= 0.3 is 17.9 Å². The number of halogens is 10. The fraction of sp³-hybridized carbons (Fsp3) is 0.105. The van der Waals surface area contributed by atoms with Crippen molar-refractivity contribution in [2.45, 2.75) is 41.5 Å². The molecule has 0 spiro atoms. The molecule has 3 aromatic carbocycles. The molecule has 0 saturated heterocycles. The number of hydrogen-bond acceptors (Lipinski definition) is 13. The number of carboxylic acids is 3. The Bertz CT molecular complexity index is 4900. The average molecular weight is 2400 g/mol. The molecule has 581 valence electrons. The summed E-state index contributed by atoms with van der Waals surface area (Å²) in [6, 6.07) is 46.1. The molecule has 3 N–H and O–H groups in total. The van der Waals surface area contributed by atoms with E-state index in [0.29, 0.717) is 28.5 Å². The van der Waals surface area contributed by atoms with Gasteiger partial charge < -0.3 is 40.2 Å². The molecule has 0 saturated carbocycles. The molecule has 0 unspecified atom stereocenters. The first-order chi connectivity index (χ1) is 49.9. The van der Waals surface area contributed by atoms with Crippen molar-refractivity contribution in [3.8, 4) is 56.3 Å². The van der Waals surface area contributed by atoms with Crippen LogP contribution in [0.2, 0.25) is 0 Å². The number of hydrogen-bond donors (Lipinski definition) is 3. The van der Waals surface area contributed by atoms with Gasteiger partial charge in [0.1, 0.15) is 29.5 Å². The Hall–Kier alpha value is -10.3. The molecule has 0 aliphatic heterocycles. The summed E-state index contributed by atoms with van der Waals surface area (Å²) in [4.78, 5) is 63.1. The van der Waals surface area contributed by atoms with Crippen molar-refractivity contribution in [1.29, 1.82) is 0 Å². The number of rotatable bonds is 8. The maximum Gasteiger partial charge on any atom is 0.356 e. The van der Waals surface area contributed by atoms with Crippen LogP contribution in [-0.2, 0) is 115 Å². The summed E-state index contributed by atoms with van der Waals surface area (Å²) in [6.07, 6.45) is 9.22. The number of aryl methyl sites for hydroxylation is 8. The van der Waals surface area contributed by atoms with Gasteiger partial charge in [0.2, 0.25) is 0 Å². The van der Waals surface area contributed by atoms with E-state index in [9.17, 15) is 58.3 Å². The van der Waals surface area contributed by atoms with E-state index in [-0.39, 0.29) is 145 Å². The molecule has 110 heavy (non-hydrogen) atoms. The van der Waals surface area contributed by atoms with Crippen molar-refractivity contribution in [3.63, 3.8) is 0 Å². The predicted octanol–water partition coefficient (Wildman–Crippen LogP) is 16.3. The van der Waals surface area contributed by atoms with Crippen LogP contribution in [0.4, 0.5) is 49.6 Å². The predicted molar refractivity (Wildman–Crippen MR) is 364 cm³/mol. The summed E-state index contributed by atoms with van der Waals surface area (Å²) >= 11 is 0. The van der Waals surface area contributed by atoms with E-state index in [2.05, 4.69) is 85.2 Å². The zero-order chi connectivity index (χ0) is 77.0. The Labute approximate surface area is 691 Å². The van der Waals surface area contributed by atoms with E-state index in [4.69, 9.17) is 21.9 Å². The number of nitrogens with zero attached hydrogens (tertiary/aromatic N) is 13. The third kappa shape index (κ3) is 30.6. The van der Waals surface area contributed by atoms with Gasteiger partial charge in [0.15, 0.2) is 17.1 Å². The van der Waals surface area contributed by atoms with Crippen LogP contribution >= 0.6 is 0 Å². The van der Waals surface area contributed by atoms with Crippen LogP contribution in [0.15, 0.2) is 177 Å². The Kier molecular flexibility index (Phi) is 42.9. The maximum absolute atomic E-state index is 13.8. The summed E-state index contributed by atoms with van der Waals surface area (Å²) in [5.41, 5.74) is 7.72. The van der Waals surface area contributed by atoms with Crippen molar-refractivity contribution in [2.75, 3.05) is 0 Å². The molecule has 0 aliphatic rings. The van der Waals surface area contributed by atoms with Gasteiger partial charge in [0, 0.05) is 198 Å². The Morgan fingerprint density at radius 3 is 1.01 bits per heavy atom. The molecule has 5 radical (unpaired) electrons. The molecule has 19 nitrogen and oxygen atoms in total. The van der Waals surface area contributed by atoms with Crippen molar-refractivity contribution >= 4 is 23.6 Å². The monoisotopic (exact) mass is 2400 g/mol. The Morgan fingerprint density at radius 1 is 0.382 bits per heavy atom. The van der Waals surface area contributed by atoms with Crippen LogP contribution in [0.5, 0.6) is 0 Å². The minimum absolute atomic E-state index is 0. The summed E-state index contributed by atoms with van der Waals surface area (Å²) in [5, 5.41) is 32.7. The standard InChI is InChI=1S/C13H7F2N2.C12H8F2N.2C11H7F2N2.C11H6F2N.2C6H8N2O2.C6H5NO2.5Ir/c1-8-5-6-17-11(7-8)9-3-4-10(14)13(16-2)12(9)15;1-8-4-5-15-12(6-8)10-3-2-9(13)7-11(10)14;2*1-7-4-5-14-9(6-7)8-2-3-10(12)15-11(8)13;12-8-4-5-9(10(13)7-8)11-3-1-2-6-14-11;2*1-4-3-5(6(9)10)7-8(4)2;8-6(9)5-3-1-2-4-7-5;;;;;/h4-7H,1H3;2,4-7H,1H3;2*3-6H,1H3;1-4,6-7H;2*3H,1-2H3,(H,9,10);1-4H,(H,8,9);;;;;/q5*-1;;;;;;;;. The van der Waals surface area contributed by atoms with Gasteiger partial charge in [-0.2, -0.15) is 10.2 Å². The van der Waals surface area contributed by atoms with Crippen molar-refractivity contribution in [1.82, 2.24) is 59.4 Å². The van der Waals surface area contributed by atoms with Crippen LogP contribution in [0.1, 0.15) is 65.1 Å². The minimum atomic E-state index is -0.990. The second-order valence-corrected chi connectivity index (χ2v) is 21.5. The number of carbonyl (C=O) groups is 3. The summed E-state index contributed by atoms with van der Waals surface area (Å²) in [7, 11) is 3.42. The van der Waals surface area contributed by atoms with E-state index in [1.165, 1.54) is 40.0 Å². The minimum Gasteiger partial charge on any atom is -0.477 e. The van der Waals surface area contributed by atoms with E-state index in [0.717, 1.165) is 76.1 Å². The molecule has 13 aromatic rings. The molecule has 0 aliphatic carbocycles. The van der Waals surface area contributed by atoms with Gasteiger partial charge in [-0.3, -0.25) is 50.5 Å². The van der Waals surface area contributed by atoms with E-state index in [1.54, 1.807) is 126 Å². The van der Waals surface area contributed by atoms with E-state index < -0.39 is 82.3 Å². The smallest absolute Gasteiger partial charge is 0.356 e. The topological polar surface area (TPSA) is 255 Å². The first kappa shape index (κ1) is 97.7. The second-order valence-electron chi connectivity index (χ2n) is 21.5. The number of aromatic carboxylic acids is 3. The molecule has 0 bridgehead atoms. The normalized spacial score (nSPS) is 9.57. The number of carboxylic acid groups (broad SMARTS) is 3. The van der Waals surface area contributed by atoms with Crippen LogP contribution in [0, 0.1) is 137 Å². The van der Waals surface area contributed by atoms with Crippen LogP contribution in [0.25, 0.3) is 61.1 Å². The molecule has 0 fully saturated rings. The van der Waals surface area contributed by atoms with E-state index >= 15 is 0 Å². The maximum atomic E-state index is 13.8. The molecule has 0 atom stereocenters. The van der Waals surface area contributed by atoms with Crippen molar-refractivity contribution in [3.05, 3.63) is 328 Å². The Morgan fingerprint density at radius 2 is 0.718 bits per heavy atom. The van der Waals surface area contributed by atoms with Crippen molar-refractivity contribution in [2.24, 2.45) is 14.1 Å². The fourth-order valence-corrected chi connectivity index (χ4v) is 8.19. The quantitative estimate of drug-likeness (QED) is 0.0726. The summed E-state index contributed by atoms with van der Waals surface area (Å²) in [5.74, 6) is -10.9. The second kappa shape index (κ2) is 48.3. The first-order valence-electron chi connectivity index (χ1n) is 30.2. The molecule has 10 aromatic heterocycles. The molecule has 0 amide bonds. The average Bonchev–Trinajstić information content (AvgIpc) is 1.17. The third-order valence-electron chi connectivity index (χ3n) is 13.5. The van der Waals surface area contributed by atoms with Crippen LogP contribution in [-0.4, -0.2) is 92.7 Å². The number of benzene rings is 3. The van der Waals surface area contributed by atoms with Gasteiger partial charge in [0.25, 0.3) is 0 Å². The van der Waals surface area contributed by atoms with Gasteiger partial charge in [-0.05, 0) is 125 Å². The fourth-order valence-electron chi connectivity index (χ4n) is 8.19. The van der Waals surface area contributed by atoms with Gasteiger partial charge in [-0.25, -0.2) is 36.9 Å². The summed E-state index contributed by atoms with van der Waals surface area (Å²) < 4.78 is 133. The Balaban J connectivity index is 0.000000629. The van der Waals surface area contributed by atoms with E-state index in [1.807, 2.05) is 33.8 Å². The van der Waals surface area contributed by atoms with Crippen LogP contribution < -0.4 is 0 Å². The third-order valence-corrected chi connectivity index (χ3v) is 13.5. The van der Waals surface area contributed by atoms with Gasteiger partial charge in [0.05, 0.1) is 6.57 Å². The van der Waals surface area contributed by atoms with Gasteiger partial charge in [-0.15, -0.1) is 54.1 Å². The summed E-state index contributed by atoms with van der Waals surface area (Å²) in [6.45, 7) is 17.8. The molecular weight excluding hydrogens is 2340 g/mol. The first-order valence-corrected chi connectivity index (χ1v) is 30.2. The number of aromatic nitrogens is 12. The molecule has 10 heterocycles. The molecular formula is C76H56F10Ir5N13O6-5. The molecule has 13 rings (SSSR count). The SMILES string of the molecule is Cc1cc(C(=O)O)nn1C.Cc1cc(C(=O)O)nn1C.Cc1ccnc(-c2[c-]cc(F)cc2F)c1.Cc1ccnc(-c2[c-]cc(F)nc2F)c1.Cc1ccnc(-c2[c-]cc(F)nc2F)c1.Fc1c[c-]c(-c2ccccn2)c(F)c1.O=C(O)c1ccccn1.[C-]#[N+]c1c(F)c[c-]c(-c2cc(C)ccn2)c1F.[Ir].[Ir].[Ir].[Ir].[Ir]. The van der Waals surface area contributed by atoms with Crippen molar-refractivity contribution < 1.29 is 174 Å². The van der Waals surface area contributed by atoms with Gasteiger partial charge in [-0.1, -0.05) is 111 Å². The number of pyridine rings is 8. The zero-order valence-corrected chi connectivity index (χ0v) is 70.0.